The third-order valence-corrected chi connectivity index (χ3v) is 5.54. The molecule has 21 heavy (non-hydrogen) atoms. The zero-order chi connectivity index (χ0) is 15.1. The Morgan fingerprint density at radius 3 is 2.67 bits per heavy atom. The van der Waals surface area contributed by atoms with Crippen LogP contribution in [0.25, 0.3) is 10.1 Å². The molecular weight excluding hydrogens is 382 g/mol. The molecular formula is C15H8BrClF2OS. The first-order valence-corrected chi connectivity index (χ1v) is 7.96. The van der Waals surface area contributed by atoms with Gasteiger partial charge in [-0.2, -0.15) is 0 Å². The third kappa shape index (κ3) is 2.71. The van der Waals surface area contributed by atoms with E-state index in [9.17, 15) is 13.9 Å². The molecule has 0 fully saturated rings. The molecule has 1 nitrogen and oxygen atoms in total. The molecule has 0 aliphatic rings. The number of aliphatic hydroxyl groups excluding tert-OH is 1. The monoisotopic (exact) mass is 388 g/mol. The minimum Gasteiger partial charge on any atom is -0.383 e. The summed E-state index contributed by atoms with van der Waals surface area (Å²) in [7, 11) is 0. The van der Waals surface area contributed by atoms with Crippen molar-refractivity contribution in [2.75, 3.05) is 0 Å². The maximum absolute atomic E-state index is 14.1. The Morgan fingerprint density at radius 1 is 1.14 bits per heavy atom. The first-order chi connectivity index (χ1) is 9.97. The quantitative estimate of drug-likeness (QED) is 0.559. The molecule has 3 rings (SSSR count). The first kappa shape index (κ1) is 14.9. The Bertz CT molecular complexity index is 834. The minimum absolute atomic E-state index is 0.0706. The van der Waals surface area contributed by atoms with E-state index in [-0.39, 0.29) is 16.4 Å². The molecule has 0 radical (unpaired) electrons. The second-order valence-corrected chi connectivity index (χ2v) is 6.85. The lowest BCUT2D eigenvalue weighted by molar-refractivity contribution is 0.219. The fraction of sp³-hybridized carbons (Fsp3) is 0.0667. The van der Waals surface area contributed by atoms with Gasteiger partial charge in [-0.25, -0.2) is 8.78 Å². The summed E-state index contributed by atoms with van der Waals surface area (Å²) in [5, 5.41) is 11.1. The topological polar surface area (TPSA) is 20.2 Å². The van der Waals surface area contributed by atoms with Crippen LogP contribution in [0.1, 0.15) is 16.5 Å². The number of fused-ring (bicyclic) bond motifs is 1. The molecule has 1 heterocycles. The molecule has 108 valence electrons. The number of hydrogen-bond acceptors (Lipinski definition) is 2. The Kier molecular flexibility index (Phi) is 4.01. The van der Waals surface area contributed by atoms with Gasteiger partial charge in [0.15, 0.2) is 0 Å². The molecule has 6 heteroatoms. The fourth-order valence-corrected chi connectivity index (χ4v) is 3.64. The van der Waals surface area contributed by atoms with Gasteiger partial charge in [0, 0.05) is 19.6 Å². The van der Waals surface area contributed by atoms with E-state index < -0.39 is 11.9 Å². The van der Waals surface area contributed by atoms with Gasteiger partial charge in [-0.1, -0.05) is 23.7 Å². The summed E-state index contributed by atoms with van der Waals surface area (Å²) >= 11 is 10.2. The normalized spacial score (nSPS) is 12.8. The maximum Gasteiger partial charge on any atom is 0.149 e. The van der Waals surface area contributed by atoms with E-state index >= 15 is 0 Å². The number of halogens is 4. The van der Waals surface area contributed by atoms with E-state index in [1.807, 2.05) is 0 Å². The smallest absolute Gasteiger partial charge is 0.149 e. The Morgan fingerprint density at radius 2 is 1.90 bits per heavy atom. The summed E-state index contributed by atoms with van der Waals surface area (Å²) < 4.78 is 28.5. The maximum atomic E-state index is 14.1. The van der Waals surface area contributed by atoms with Gasteiger partial charge in [0.05, 0.1) is 5.02 Å². The van der Waals surface area contributed by atoms with Crippen molar-refractivity contribution in [3.8, 4) is 0 Å². The van der Waals surface area contributed by atoms with Crippen molar-refractivity contribution in [3.05, 3.63) is 68.0 Å². The van der Waals surface area contributed by atoms with Crippen molar-refractivity contribution in [1.29, 1.82) is 0 Å². The second kappa shape index (κ2) is 5.65. The standard InChI is InChI=1S/C15H8BrClF2OS/c16-10-4-3-9(14(19)13(10)17)15(20)12-5-7-1-2-8(18)6-11(7)21-12/h1-6,15,20H. The van der Waals surface area contributed by atoms with Crippen molar-refractivity contribution < 1.29 is 13.9 Å². The first-order valence-electron chi connectivity index (χ1n) is 5.98. The van der Waals surface area contributed by atoms with Gasteiger partial charge in [0.1, 0.15) is 17.7 Å². The van der Waals surface area contributed by atoms with Gasteiger partial charge in [0.25, 0.3) is 0 Å². The molecule has 1 unspecified atom stereocenters. The predicted molar refractivity (Wildman–Crippen MR) is 85.0 cm³/mol. The summed E-state index contributed by atoms with van der Waals surface area (Å²) in [6.45, 7) is 0. The number of thiophene rings is 1. The van der Waals surface area contributed by atoms with Gasteiger partial charge < -0.3 is 5.11 Å². The lowest BCUT2D eigenvalue weighted by Gasteiger charge is -2.11. The van der Waals surface area contributed by atoms with Crippen molar-refractivity contribution in [1.82, 2.24) is 0 Å². The van der Waals surface area contributed by atoms with Crippen LogP contribution in [-0.2, 0) is 0 Å². The molecule has 1 N–H and O–H groups in total. The molecule has 0 bridgehead atoms. The van der Waals surface area contributed by atoms with Crippen LogP contribution in [0.4, 0.5) is 8.78 Å². The van der Waals surface area contributed by atoms with Crippen LogP contribution >= 0.6 is 38.9 Å². The van der Waals surface area contributed by atoms with E-state index in [0.717, 1.165) is 5.39 Å². The highest BCUT2D eigenvalue weighted by Gasteiger charge is 2.20. The van der Waals surface area contributed by atoms with Crippen LogP contribution in [0.15, 0.2) is 40.9 Å². The van der Waals surface area contributed by atoms with Gasteiger partial charge in [-0.15, -0.1) is 11.3 Å². The average Bonchev–Trinajstić information content (AvgIpc) is 2.87. The zero-order valence-corrected chi connectivity index (χ0v) is 13.6. The number of hydrogen-bond donors (Lipinski definition) is 1. The van der Waals surface area contributed by atoms with Crippen LogP contribution in [0.3, 0.4) is 0 Å². The van der Waals surface area contributed by atoms with Crippen LogP contribution in [0.5, 0.6) is 0 Å². The predicted octanol–water partition coefficient (Wildman–Crippen LogP) is 5.68. The molecule has 0 spiro atoms. The van der Waals surface area contributed by atoms with E-state index in [1.165, 1.54) is 29.5 Å². The van der Waals surface area contributed by atoms with Gasteiger partial charge >= 0.3 is 0 Å². The Hall–Kier alpha value is -1.01. The van der Waals surface area contributed by atoms with Gasteiger partial charge in [0.2, 0.25) is 0 Å². The summed E-state index contributed by atoms with van der Waals surface area (Å²) in [5.74, 6) is -1.01. The van der Waals surface area contributed by atoms with Crippen molar-refractivity contribution in [3.63, 3.8) is 0 Å². The molecule has 0 aliphatic carbocycles. The largest absolute Gasteiger partial charge is 0.383 e. The van der Waals surface area contributed by atoms with Gasteiger partial charge in [-0.3, -0.25) is 0 Å². The SMILES string of the molecule is OC(c1cc2ccc(F)cc2s1)c1ccc(Br)c(Cl)c1F. The fourth-order valence-electron chi connectivity index (χ4n) is 2.07. The molecule has 3 aromatic rings. The van der Waals surface area contributed by atoms with E-state index in [0.29, 0.717) is 14.0 Å². The lowest BCUT2D eigenvalue weighted by atomic mass is 10.1. The molecule has 0 saturated carbocycles. The summed E-state index contributed by atoms with van der Waals surface area (Å²) in [4.78, 5) is 0.535. The van der Waals surface area contributed by atoms with E-state index in [2.05, 4.69) is 15.9 Å². The summed E-state index contributed by atoms with van der Waals surface area (Å²) in [5.41, 5.74) is 0.0928. The van der Waals surface area contributed by atoms with Gasteiger partial charge in [-0.05, 0) is 45.6 Å². The highest BCUT2D eigenvalue weighted by molar-refractivity contribution is 9.10. The van der Waals surface area contributed by atoms with Crippen LogP contribution in [0, 0.1) is 11.6 Å². The molecule has 0 aliphatic heterocycles. The van der Waals surface area contributed by atoms with E-state index in [1.54, 1.807) is 18.2 Å². The minimum atomic E-state index is -1.14. The van der Waals surface area contributed by atoms with Crippen molar-refractivity contribution in [2.24, 2.45) is 0 Å². The lowest BCUT2D eigenvalue weighted by Crippen LogP contribution is -2.01. The highest BCUT2D eigenvalue weighted by Crippen LogP contribution is 2.37. The number of benzene rings is 2. The molecule has 2 aromatic carbocycles. The average molecular weight is 390 g/mol. The number of aliphatic hydroxyl groups is 1. The molecule has 1 aromatic heterocycles. The molecule has 0 amide bonds. The number of rotatable bonds is 2. The van der Waals surface area contributed by atoms with E-state index in [4.69, 9.17) is 11.6 Å². The summed E-state index contributed by atoms with van der Waals surface area (Å²) in [6, 6.07) is 9.14. The highest BCUT2D eigenvalue weighted by atomic mass is 79.9. The van der Waals surface area contributed by atoms with Crippen molar-refractivity contribution >= 4 is 49.0 Å². The summed E-state index contributed by atoms with van der Waals surface area (Å²) in [6.07, 6.45) is -1.14. The third-order valence-electron chi connectivity index (χ3n) is 3.13. The second-order valence-electron chi connectivity index (χ2n) is 4.50. The Balaban J connectivity index is 2.08. The van der Waals surface area contributed by atoms with Crippen molar-refractivity contribution in [2.45, 2.75) is 6.10 Å². The van der Waals surface area contributed by atoms with Crippen LogP contribution in [-0.4, -0.2) is 5.11 Å². The van der Waals surface area contributed by atoms with Crippen LogP contribution < -0.4 is 0 Å². The zero-order valence-electron chi connectivity index (χ0n) is 10.4. The Labute approximate surface area is 136 Å². The van der Waals surface area contributed by atoms with Crippen LogP contribution in [0.2, 0.25) is 5.02 Å². The molecule has 1 atom stereocenters. The molecule has 0 saturated heterocycles.